The molecule has 0 saturated carbocycles. The summed E-state index contributed by atoms with van der Waals surface area (Å²) in [5.41, 5.74) is 3.80. The minimum Gasteiger partial charge on any atom is -0.493 e. The summed E-state index contributed by atoms with van der Waals surface area (Å²) in [5, 5.41) is 0. The Hall–Kier alpha value is -2.55. The monoisotopic (exact) mass is 322 g/mol. The van der Waals surface area contributed by atoms with Gasteiger partial charge in [-0.1, -0.05) is 30.3 Å². The van der Waals surface area contributed by atoms with Crippen molar-refractivity contribution in [1.29, 1.82) is 0 Å². The summed E-state index contributed by atoms with van der Waals surface area (Å²) in [6, 6.07) is 13.7. The molecule has 0 unspecified atom stereocenters. The number of benzene rings is 2. The number of hydrogen-bond acceptors (Lipinski definition) is 3. The summed E-state index contributed by atoms with van der Waals surface area (Å²) >= 11 is 0. The number of carbonyl (C=O) groups is 1. The number of fused-ring (bicyclic) bond motifs is 1. The molecule has 0 heterocycles. The maximum atomic E-state index is 12.9. The molecule has 3 heteroatoms. The molecule has 0 bridgehead atoms. The number of allylic oxidation sites excluding steroid dienone is 1. The van der Waals surface area contributed by atoms with Crippen molar-refractivity contribution in [3.63, 3.8) is 0 Å². The predicted molar refractivity (Wildman–Crippen MR) is 95.9 cm³/mol. The van der Waals surface area contributed by atoms with Crippen LogP contribution in [0.5, 0.6) is 11.5 Å². The van der Waals surface area contributed by atoms with E-state index in [0.717, 1.165) is 41.5 Å². The van der Waals surface area contributed by atoms with Gasteiger partial charge in [0.1, 0.15) is 0 Å². The molecule has 0 N–H and O–H groups in total. The second-order valence-electron chi connectivity index (χ2n) is 5.85. The maximum absolute atomic E-state index is 12.9. The van der Waals surface area contributed by atoms with Gasteiger partial charge in [0.15, 0.2) is 17.3 Å². The fraction of sp³-hybridized carbons (Fsp3) is 0.286. The van der Waals surface area contributed by atoms with Crippen molar-refractivity contribution >= 4 is 11.9 Å². The van der Waals surface area contributed by atoms with Gasteiger partial charge in [-0.3, -0.25) is 4.79 Å². The van der Waals surface area contributed by atoms with E-state index in [1.165, 1.54) is 0 Å². The van der Waals surface area contributed by atoms with E-state index < -0.39 is 0 Å². The van der Waals surface area contributed by atoms with E-state index in [0.29, 0.717) is 18.1 Å². The smallest absolute Gasteiger partial charge is 0.189 e. The minimum atomic E-state index is 0.136. The third-order valence-corrected chi connectivity index (χ3v) is 4.27. The first-order valence-electron chi connectivity index (χ1n) is 8.37. The van der Waals surface area contributed by atoms with Crippen LogP contribution in [0.2, 0.25) is 0 Å². The summed E-state index contributed by atoms with van der Waals surface area (Å²) in [5.74, 6) is 1.55. The van der Waals surface area contributed by atoms with Gasteiger partial charge in [0, 0.05) is 11.1 Å². The first-order valence-corrected chi connectivity index (χ1v) is 8.37. The van der Waals surface area contributed by atoms with Crippen LogP contribution in [0.3, 0.4) is 0 Å². The molecule has 1 aliphatic rings. The third-order valence-electron chi connectivity index (χ3n) is 4.27. The summed E-state index contributed by atoms with van der Waals surface area (Å²) < 4.78 is 10.9. The molecular weight excluding hydrogens is 300 g/mol. The van der Waals surface area contributed by atoms with Crippen LogP contribution in [0.4, 0.5) is 0 Å². The van der Waals surface area contributed by atoms with Gasteiger partial charge in [0.05, 0.1) is 13.7 Å². The molecule has 0 fully saturated rings. The number of rotatable bonds is 4. The van der Waals surface area contributed by atoms with Crippen molar-refractivity contribution in [3.8, 4) is 11.5 Å². The molecule has 0 aliphatic heterocycles. The van der Waals surface area contributed by atoms with Crippen molar-refractivity contribution in [2.45, 2.75) is 26.2 Å². The minimum absolute atomic E-state index is 0.136. The van der Waals surface area contributed by atoms with Crippen molar-refractivity contribution in [1.82, 2.24) is 0 Å². The van der Waals surface area contributed by atoms with E-state index in [4.69, 9.17) is 9.47 Å². The molecule has 2 aromatic rings. The van der Waals surface area contributed by atoms with Crippen LogP contribution >= 0.6 is 0 Å². The van der Waals surface area contributed by atoms with Gasteiger partial charge in [-0.15, -0.1) is 0 Å². The van der Waals surface area contributed by atoms with Gasteiger partial charge in [-0.05, 0) is 55.5 Å². The van der Waals surface area contributed by atoms with Crippen LogP contribution in [-0.4, -0.2) is 19.5 Å². The van der Waals surface area contributed by atoms with Gasteiger partial charge in [-0.25, -0.2) is 0 Å². The molecule has 24 heavy (non-hydrogen) atoms. The lowest BCUT2D eigenvalue weighted by atomic mass is 9.98. The second kappa shape index (κ2) is 7.35. The number of ketones is 1. The fourth-order valence-corrected chi connectivity index (χ4v) is 3.11. The highest BCUT2D eigenvalue weighted by atomic mass is 16.5. The Morgan fingerprint density at radius 2 is 1.92 bits per heavy atom. The average molecular weight is 322 g/mol. The fourth-order valence-electron chi connectivity index (χ4n) is 3.11. The summed E-state index contributed by atoms with van der Waals surface area (Å²) in [6.07, 6.45) is 4.71. The van der Waals surface area contributed by atoms with Crippen LogP contribution in [0.1, 0.15) is 41.3 Å². The Morgan fingerprint density at radius 3 is 2.71 bits per heavy atom. The molecule has 2 aromatic carbocycles. The maximum Gasteiger partial charge on any atom is 0.189 e. The first kappa shape index (κ1) is 16.3. The Kier molecular flexibility index (Phi) is 4.99. The van der Waals surface area contributed by atoms with Crippen molar-refractivity contribution in [2.24, 2.45) is 0 Å². The topological polar surface area (TPSA) is 35.5 Å². The molecule has 1 aliphatic carbocycles. The summed E-state index contributed by atoms with van der Waals surface area (Å²) in [4.78, 5) is 12.9. The first-order chi connectivity index (χ1) is 11.7. The van der Waals surface area contributed by atoms with Crippen molar-refractivity contribution in [2.75, 3.05) is 13.7 Å². The van der Waals surface area contributed by atoms with E-state index in [-0.39, 0.29) is 5.78 Å². The zero-order chi connectivity index (χ0) is 16.9. The van der Waals surface area contributed by atoms with E-state index in [9.17, 15) is 4.79 Å². The van der Waals surface area contributed by atoms with Crippen LogP contribution in [-0.2, 0) is 6.42 Å². The summed E-state index contributed by atoms with van der Waals surface area (Å²) in [7, 11) is 1.63. The largest absolute Gasteiger partial charge is 0.493 e. The Labute approximate surface area is 142 Å². The Bertz CT molecular complexity index is 774. The lowest BCUT2D eigenvalue weighted by molar-refractivity contribution is 0.103. The highest BCUT2D eigenvalue weighted by molar-refractivity contribution is 6.12. The third kappa shape index (κ3) is 3.35. The molecule has 124 valence electrons. The number of ether oxygens (including phenoxy) is 2. The zero-order valence-electron chi connectivity index (χ0n) is 14.2. The summed E-state index contributed by atoms with van der Waals surface area (Å²) in [6.45, 7) is 2.51. The van der Waals surface area contributed by atoms with Gasteiger partial charge in [-0.2, -0.15) is 0 Å². The molecule has 0 radical (unpaired) electrons. The molecule has 0 aromatic heterocycles. The second-order valence-corrected chi connectivity index (χ2v) is 5.85. The van der Waals surface area contributed by atoms with Crippen molar-refractivity contribution < 1.29 is 14.3 Å². The van der Waals surface area contributed by atoms with E-state index in [2.05, 4.69) is 6.07 Å². The van der Waals surface area contributed by atoms with Crippen LogP contribution in [0.25, 0.3) is 6.08 Å². The normalized spacial score (nSPS) is 15.8. The van der Waals surface area contributed by atoms with Gasteiger partial charge >= 0.3 is 0 Å². The standard InChI is InChI=1S/C21H22O3/c1-3-24-20-14-15(11-12-19(20)23-2)13-17-9-6-8-16-7-4-5-10-18(16)21(17)22/h4-5,7,10-14H,3,6,8-9H2,1-2H3/b17-13+. The molecule has 3 nitrogen and oxygen atoms in total. The SMILES string of the molecule is CCOc1cc(/C=C2\CCCc3ccccc3C2=O)ccc1OC. The van der Waals surface area contributed by atoms with E-state index in [1.54, 1.807) is 7.11 Å². The van der Waals surface area contributed by atoms with Gasteiger partial charge in [0.25, 0.3) is 0 Å². The number of hydrogen-bond donors (Lipinski definition) is 0. The number of aryl methyl sites for hydroxylation is 1. The highest BCUT2D eigenvalue weighted by Crippen LogP contribution is 2.31. The molecular formula is C21H22O3. The van der Waals surface area contributed by atoms with Crippen LogP contribution < -0.4 is 9.47 Å². The highest BCUT2D eigenvalue weighted by Gasteiger charge is 2.19. The van der Waals surface area contributed by atoms with Gasteiger partial charge < -0.3 is 9.47 Å². The molecule has 0 spiro atoms. The Morgan fingerprint density at radius 1 is 1.08 bits per heavy atom. The Balaban J connectivity index is 1.96. The number of carbonyl (C=O) groups excluding carboxylic acids is 1. The quantitative estimate of drug-likeness (QED) is 0.605. The number of methoxy groups -OCH3 is 1. The number of Topliss-reactive ketones (excluding diaryl/α,β-unsaturated/α-hetero) is 1. The zero-order valence-corrected chi connectivity index (χ0v) is 14.2. The molecule has 0 saturated heterocycles. The molecule has 3 rings (SSSR count). The lowest BCUT2D eigenvalue weighted by Gasteiger charge is -2.10. The van der Waals surface area contributed by atoms with E-state index >= 15 is 0 Å². The molecule has 0 atom stereocenters. The van der Waals surface area contributed by atoms with Gasteiger partial charge in [0.2, 0.25) is 0 Å². The van der Waals surface area contributed by atoms with Crippen molar-refractivity contribution in [3.05, 3.63) is 64.7 Å². The predicted octanol–water partition coefficient (Wildman–Crippen LogP) is 4.70. The molecule has 0 amide bonds. The van der Waals surface area contributed by atoms with E-state index in [1.807, 2.05) is 49.4 Å². The van der Waals surface area contributed by atoms with Crippen LogP contribution in [0.15, 0.2) is 48.0 Å². The lowest BCUT2D eigenvalue weighted by Crippen LogP contribution is -2.03. The average Bonchev–Trinajstić information content (AvgIpc) is 2.76. The van der Waals surface area contributed by atoms with Crippen LogP contribution in [0, 0.1) is 0 Å².